The van der Waals surface area contributed by atoms with Crippen LogP contribution in [0.15, 0.2) is 59.7 Å². The lowest BCUT2D eigenvalue weighted by atomic mass is 10.1. The largest absolute Gasteiger partial charge is 0.416 e. The third kappa shape index (κ3) is 3.68. The van der Waals surface area contributed by atoms with Crippen molar-refractivity contribution in [3.63, 3.8) is 0 Å². The number of fused-ring (bicyclic) bond motifs is 1. The first kappa shape index (κ1) is 16.7. The number of carbonyl (C=O) groups excluding carboxylic acids is 1. The SMILES string of the molecule is O=C(Cc1cccc(C(F)(F)F)c1)Nn1cnc2ccccc2c1=O. The molecule has 0 atom stereocenters. The minimum absolute atomic E-state index is 0.189. The number of rotatable bonds is 3. The molecule has 25 heavy (non-hydrogen) atoms. The van der Waals surface area contributed by atoms with Crippen LogP contribution in [0.25, 0.3) is 10.9 Å². The van der Waals surface area contributed by atoms with Crippen LogP contribution in [0.1, 0.15) is 11.1 Å². The highest BCUT2D eigenvalue weighted by Gasteiger charge is 2.30. The monoisotopic (exact) mass is 347 g/mol. The number of nitrogens with zero attached hydrogens (tertiary/aromatic N) is 2. The van der Waals surface area contributed by atoms with Crippen molar-refractivity contribution in [1.29, 1.82) is 0 Å². The quantitative estimate of drug-likeness (QED) is 0.792. The van der Waals surface area contributed by atoms with Crippen molar-refractivity contribution >= 4 is 16.8 Å². The summed E-state index contributed by atoms with van der Waals surface area (Å²) in [7, 11) is 0. The molecular formula is C17H12F3N3O2. The van der Waals surface area contributed by atoms with Gasteiger partial charge in [0.05, 0.1) is 22.9 Å². The molecule has 128 valence electrons. The van der Waals surface area contributed by atoms with E-state index < -0.39 is 23.2 Å². The number of hydrogen-bond donors (Lipinski definition) is 1. The summed E-state index contributed by atoms with van der Waals surface area (Å²) in [6.45, 7) is 0. The smallest absolute Gasteiger partial charge is 0.273 e. The summed E-state index contributed by atoms with van der Waals surface area (Å²) in [6, 6.07) is 11.1. The van der Waals surface area contributed by atoms with Crippen molar-refractivity contribution in [2.45, 2.75) is 12.6 Å². The zero-order valence-electron chi connectivity index (χ0n) is 12.7. The second-order valence-electron chi connectivity index (χ2n) is 5.35. The molecule has 8 heteroatoms. The summed E-state index contributed by atoms with van der Waals surface area (Å²) in [5.74, 6) is -0.626. The molecule has 5 nitrogen and oxygen atoms in total. The maximum atomic E-state index is 12.7. The van der Waals surface area contributed by atoms with E-state index in [2.05, 4.69) is 10.4 Å². The number of benzene rings is 2. The van der Waals surface area contributed by atoms with Crippen LogP contribution in [0.5, 0.6) is 0 Å². The highest BCUT2D eigenvalue weighted by Crippen LogP contribution is 2.29. The van der Waals surface area contributed by atoms with Crippen molar-refractivity contribution in [3.8, 4) is 0 Å². The lowest BCUT2D eigenvalue weighted by molar-refractivity contribution is -0.137. The molecule has 0 unspecified atom stereocenters. The van der Waals surface area contributed by atoms with Crippen LogP contribution in [0.4, 0.5) is 13.2 Å². The molecule has 1 aromatic heterocycles. The van der Waals surface area contributed by atoms with E-state index in [0.717, 1.165) is 23.1 Å². The van der Waals surface area contributed by atoms with Crippen molar-refractivity contribution in [1.82, 2.24) is 9.66 Å². The van der Waals surface area contributed by atoms with Crippen LogP contribution in [0, 0.1) is 0 Å². The molecule has 0 aliphatic heterocycles. The van der Waals surface area contributed by atoms with Crippen LogP contribution in [0.2, 0.25) is 0 Å². The molecule has 0 aliphatic carbocycles. The van der Waals surface area contributed by atoms with Gasteiger partial charge in [0.15, 0.2) is 0 Å². The number of nitrogens with one attached hydrogen (secondary N) is 1. The summed E-state index contributed by atoms with van der Waals surface area (Å²) in [4.78, 5) is 28.4. The van der Waals surface area contributed by atoms with Crippen LogP contribution in [-0.4, -0.2) is 15.6 Å². The van der Waals surface area contributed by atoms with Gasteiger partial charge in [0.1, 0.15) is 6.33 Å². The van der Waals surface area contributed by atoms with Crippen molar-refractivity contribution < 1.29 is 18.0 Å². The fraction of sp³-hybridized carbons (Fsp3) is 0.118. The molecule has 1 N–H and O–H groups in total. The van der Waals surface area contributed by atoms with E-state index in [1.54, 1.807) is 24.3 Å². The Morgan fingerprint density at radius 2 is 1.88 bits per heavy atom. The highest BCUT2D eigenvalue weighted by molar-refractivity contribution is 5.86. The van der Waals surface area contributed by atoms with Crippen LogP contribution >= 0.6 is 0 Å². The number of carbonyl (C=O) groups is 1. The van der Waals surface area contributed by atoms with Gasteiger partial charge >= 0.3 is 6.18 Å². The molecule has 0 saturated heterocycles. The summed E-state index contributed by atoms with van der Waals surface area (Å²) >= 11 is 0. The molecule has 3 aromatic rings. The lowest BCUT2D eigenvalue weighted by Gasteiger charge is -2.10. The molecule has 0 spiro atoms. The van der Waals surface area contributed by atoms with E-state index in [1.807, 2.05) is 0 Å². The summed E-state index contributed by atoms with van der Waals surface area (Å²) in [5, 5.41) is 0.323. The van der Waals surface area contributed by atoms with Gasteiger partial charge in [-0.05, 0) is 23.8 Å². The van der Waals surface area contributed by atoms with E-state index in [0.29, 0.717) is 10.9 Å². The topological polar surface area (TPSA) is 64.0 Å². The number of alkyl halides is 3. The maximum Gasteiger partial charge on any atom is 0.416 e. The Balaban J connectivity index is 1.80. The molecule has 1 heterocycles. The molecule has 2 aromatic carbocycles. The second-order valence-corrected chi connectivity index (χ2v) is 5.35. The number of halogens is 3. The molecular weight excluding hydrogens is 335 g/mol. The third-order valence-electron chi connectivity index (χ3n) is 3.53. The third-order valence-corrected chi connectivity index (χ3v) is 3.53. The second kappa shape index (κ2) is 6.39. The average Bonchev–Trinajstić information content (AvgIpc) is 2.57. The summed E-state index contributed by atoms with van der Waals surface area (Å²) in [6.07, 6.45) is -3.62. The lowest BCUT2D eigenvalue weighted by Crippen LogP contribution is -2.34. The maximum absolute atomic E-state index is 12.7. The first-order valence-electron chi connectivity index (χ1n) is 7.27. The number of hydrogen-bond acceptors (Lipinski definition) is 3. The van der Waals surface area contributed by atoms with Crippen molar-refractivity contribution in [2.75, 3.05) is 5.43 Å². The first-order valence-corrected chi connectivity index (χ1v) is 7.27. The Kier molecular flexibility index (Phi) is 4.26. The molecule has 0 radical (unpaired) electrons. The van der Waals surface area contributed by atoms with Crippen LogP contribution < -0.4 is 11.0 Å². The number of para-hydroxylation sites is 1. The predicted molar refractivity (Wildman–Crippen MR) is 85.5 cm³/mol. The minimum atomic E-state index is -4.48. The Labute approximate surface area is 139 Å². The fourth-order valence-corrected chi connectivity index (χ4v) is 2.37. The number of aromatic nitrogens is 2. The van der Waals surface area contributed by atoms with Crippen LogP contribution in [0.3, 0.4) is 0 Å². The molecule has 0 bridgehead atoms. The van der Waals surface area contributed by atoms with Gasteiger partial charge in [0.25, 0.3) is 5.56 Å². The normalized spacial score (nSPS) is 11.5. The van der Waals surface area contributed by atoms with Gasteiger partial charge in [-0.1, -0.05) is 30.3 Å². The van der Waals surface area contributed by atoms with Crippen molar-refractivity contribution in [2.24, 2.45) is 0 Å². The highest BCUT2D eigenvalue weighted by atomic mass is 19.4. The average molecular weight is 347 g/mol. The minimum Gasteiger partial charge on any atom is -0.273 e. The van der Waals surface area contributed by atoms with E-state index in [1.165, 1.54) is 12.1 Å². The predicted octanol–water partition coefficient (Wildman–Crippen LogP) is 2.73. The molecule has 1 amide bonds. The zero-order valence-corrected chi connectivity index (χ0v) is 12.7. The Hall–Kier alpha value is -3.16. The first-order chi connectivity index (χ1) is 11.8. The van der Waals surface area contributed by atoms with Crippen LogP contribution in [-0.2, 0) is 17.4 Å². The Morgan fingerprint density at radius 1 is 1.12 bits per heavy atom. The van der Waals surface area contributed by atoms with E-state index >= 15 is 0 Å². The van der Waals surface area contributed by atoms with E-state index in [9.17, 15) is 22.8 Å². The van der Waals surface area contributed by atoms with E-state index in [-0.39, 0.29) is 12.0 Å². The van der Waals surface area contributed by atoms with E-state index in [4.69, 9.17) is 0 Å². The van der Waals surface area contributed by atoms with Gasteiger partial charge in [0.2, 0.25) is 5.91 Å². The molecule has 0 saturated carbocycles. The summed E-state index contributed by atoms with van der Waals surface area (Å²) in [5.41, 5.74) is 1.70. The zero-order chi connectivity index (χ0) is 18.0. The van der Waals surface area contributed by atoms with Gasteiger partial charge in [-0.25, -0.2) is 9.66 Å². The molecule has 3 rings (SSSR count). The van der Waals surface area contributed by atoms with Crippen molar-refractivity contribution in [3.05, 3.63) is 76.3 Å². The fourth-order valence-electron chi connectivity index (χ4n) is 2.37. The summed E-state index contributed by atoms with van der Waals surface area (Å²) < 4.78 is 39.0. The van der Waals surface area contributed by atoms with Gasteiger partial charge in [-0.2, -0.15) is 13.2 Å². The van der Waals surface area contributed by atoms with Gasteiger partial charge < -0.3 is 0 Å². The van der Waals surface area contributed by atoms with Gasteiger partial charge in [-0.3, -0.25) is 15.0 Å². The molecule has 0 aliphatic rings. The van der Waals surface area contributed by atoms with Gasteiger partial charge in [-0.15, -0.1) is 0 Å². The van der Waals surface area contributed by atoms with Gasteiger partial charge in [0, 0.05) is 0 Å². The Bertz CT molecular complexity index is 996. The molecule has 0 fully saturated rings. The standard InChI is InChI=1S/C17H12F3N3O2/c18-17(19,20)12-5-3-4-11(8-12)9-15(24)22-23-10-21-14-7-2-1-6-13(14)16(23)25/h1-8,10H,9H2,(H,22,24). The Morgan fingerprint density at radius 3 is 2.64 bits per heavy atom. The number of amides is 1.